The molecule has 1 aromatic carbocycles. The average molecular weight is 200 g/mol. The molecule has 1 nitrogen and oxygen atoms in total. The largest absolute Gasteiger partial charge is 0.381 e. The van der Waals surface area contributed by atoms with E-state index >= 15 is 0 Å². The molecule has 0 aliphatic heterocycles. The zero-order valence-electron chi connectivity index (χ0n) is 8.82. The zero-order valence-corrected chi connectivity index (χ0v) is 8.82. The molecule has 78 valence electrons. The van der Waals surface area contributed by atoms with Crippen LogP contribution < -0.4 is 0 Å². The Morgan fingerprint density at radius 1 is 1.40 bits per heavy atom. The van der Waals surface area contributed by atoms with Crippen molar-refractivity contribution in [1.82, 2.24) is 0 Å². The first-order valence-electron chi connectivity index (χ1n) is 5.35. The van der Waals surface area contributed by atoms with Crippen LogP contribution >= 0.6 is 0 Å². The van der Waals surface area contributed by atoms with Crippen LogP contribution in [0.15, 0.2) is 49.1 Å². The number of hydrogen-bond acceptors (Lipinski definition) is 1. The number of benzene rings is 1. The van der Waals surface area contributed by atoms with Crippen molar-refractivity contribution in [2.45, 2.75) is 24.9 Å². The van der Waals surface area contributed by atoms with Crippen molar-refractivity contribution in [3.63, 3.8) is 0 Å². The molecule has 0 amide bonds. The maximum Gasteiger partial charge on any atom is 0.111 e. The molecule has 1 aromatic rings. The van der Waals surface area contributed by atoms with Gasteiger partial charge in [-0.3, -0.25) is 0 Å². The van der Waals surface area contributed by atoms with Crippen LogP contribution in [0.2, 0.25) is 0 Å². The van der Waals surface area contributed by atoms with Gasteiger partial charge in [0, 0.05) is 6.42 Å². The van der Waals surface area contributed by atoms with Gasteiger partial charge in [-0.1, -0.05) is 42.5 Å². The third-order valence-corrected chi connectivity index (χ3v) is 2.91. The smallest absolute Gasteiger partial charge is 0.111 e. The minimum atomic E-state index is -0.852. The van der Waals surface area contributed by atoms with E-state index in [1.54, 1.807) is 6.08 Å². The first kappa shape index (κ1) is 10.2. The topological polar surface area (TPSA) is 20.2 Å². The average Bonchev–Trinajstić information content (AvgIpc) is 2.40. The lowest BCUT2D eigenvalue weighted by atomic mass is 9.87. The van der Waals surface area contributed by atoms with Gasteiger partial charge in [0.2, 0.25) is 0 Å². The van der Waals surface area contributed by atoms with Gasteiger partial charge < -0.3 is 5.11 Å². The van der Waals surface area contributed by atoms with Crippen LogP contribution in [-0.2, 0) is 12.0 Å². The van der Waals surface area contributed by atoms with E-state index in [1.165, 1.54) is 5.56 Å². The van der Waals surface area contributed by atoms with E-state index in [9.17, 15) is 5.11 Å². The van der Waals surface area contributed by atoms with Gasteiger partial charge in [0.25, 0.3) is 0 Å². The fourth-order valence-corrected chi connectivity index (χ4v) is 2.17. The standard InChI is InChI=1S/C14H16O/c1-2-10-14(15)11-6-5-8-12-7-3-4-9-13(12)14/h2-4,6-7,9,11,15H,1,5,8,10H2/t14-/m0/s1. The van der Waals surface area contributed by atoms with Crippen LogP contribution in [0.5, 0.6) is 0 Å². The summed E-state index contributed by atoms with van der Waals surface area (Å²) in [5, 5.41) is 10.5. The van der Waals surface area contributed by atoms with E-state index in [-0.39, 0.29) is 0 Å². The molecular formula is C14H16O. The third-order valence-electron chi connectivity index (χ3n) is 2.91. The molecule has 0 spiro atoms. The molecule has 0 fully saturated rings. The molecular weight excluding hydrogens is 184 g/mol. The van der Waals surface area contributed by atoms with Crippen molar-refractivity contribution in [2.75, 3.05) is 0 Å². The van der Waals surface area contributed by atoms with Crippen LogP contribution in [0.3, 0.4) is 0 Å². The van der Waals surface area contributed by atoms with Crippen molar-refractivity contribution < 1.29 is 5.11 Å². The maximum atomic E-state index is 10.5. The second kappa shape index (κ2) is 4.03. The van der Waals surface area contributed by atoms with Gasteiger partial charge in [-0.05, 0) is 24.0 Å². The zero-order chi connectivity index (χ0) is 10.7. The minimum Gasteiger partial charge on any atom is -0.381 e. The van der Waals surface area contributed by atoms with Crippen molar-refractivity contribution in [3.8, 4) is 0 Å². The summed E-state index contributed by atoms with van der Waals surface area (Å²) in [5.74, 6) is 0. The molecule has 0 aromatic heterocycles. The summed E-state index contributed by atoms with van der Waals surface area (Å²) in [6.07, 6.45) is 8.31. The SMILES string of the molecule is C=CC[C@]1(O)C=CCCc2ccccc21. The van der Waals surface area contributed by atoms with Gasteiger partial charge in [0.1, 0.15) is 5.60 Å². The molecule has 1 atom stereocenters. The summed E-state index contributed by atoms with van der Waals surface area (Å²) in [5.41, 5.74) is 1.42. The van der Waals surface area contributed by atoms with Crippen molar-refractivity contribution in [3.05, 3.63) is 60.2 Å². The van der Waals surface area contributed by atoms with Crippen LogP contribution in [-0.4, -0.2) is 5.11 Å². The summed E-state index contributed by atoms with van der Waals surface area (Å²) in [6.45, 7) is 3.71. The van der Waals surface area contributed by atoms with Gasteiger partial charge in [0.15, 0.2) is 0 Å². The van der Waals surface area contributed by atoms with Gasteiger partial charge in [-0.15, -0.1) is 6.58 Å². The van der Waals surface area contributed by atoms with Crippen LogP contribution in [0.1, 0.15) is 24.0 Å². The molecule has 1 aliphatic rings. The number of fused-ring (bicyclic) bond motifs is 1. The molecule has 0 saturated heterocycles. The summed E-state index contributed by atoms with van der Waals surface area (Å²) < 4.78 is 0. The lowest BCUT2D eigenvalue weighted by Gasteiger charge is -2.25. The number of aliphatic hydroxyl groups is 1. The third kappa shape index (κ3) is 1.88. The quantitative estimate of drug-likeness (QED) is 0.728. The summed E-state index contributed by atoms with van der Waals surface area (Å²) >= 11 is 0. The highest BCUT2D eigenvalue weighted by Crippen LogP contribution is 2.32. The maximum absolute atomic E-state index is 10.5. The molecule has 2 rings (SSSR count). The minimum absolute atomic E-state index is 0.570. The van der Waals surface area contributed by atoms with Crippen molar-refractivity contribution in [1.29, 1.82) is 0 Å². The Labute approximate surface area is 90.8 Å². The van der Waals surface area contributed by atoms with E-state index in [4.69, 9.17) is 0 Å². The molecule has 0 radical (unpaired) electrons. The van der Waals surface area contributed by atoms with Gasteiger partial charge in [-0.2, -0.15) is 0 Å². The molecule has 0 unspecified atom stereocenters. The number of allylic oxidation sites excluding steroid dienone is 1. The highest BCUT2D eigenvalue weighted by molar-refractivity contribution is 5.38. The van der Waals surface area contributed by atoms with Crippen LogP contribution in [0.4, 0.5) is 0 Å². The second-order valence-corrected chi connectivity index (χ2v) is 4.02. The highest BCUT2D eigenvalue weighted by atomic mass is 16.3. The Balaban J connectivity index is 2.51. The van der Waals surface area contributed by atoms with Crippen molar-refractivity contribution in [2.24, 2.45) is 0 Å². The molecule has 0 heterocycles. The Bertz CT molecular complexity index is 392. The summed E-state index contributed by atoms with van der Waals surface area (Å²) in [4.78, 5) is 0. The Kier molecular flexibility index (Phi) is 2.74. The lowest BCUT2D eigenvalue weighted by Crippen LogP contribution is -2.22. The number of hydrogen-bond donors (Lipinski definition) is 1. The van der Waals surface area contributed by atoms with E-state index in [0.29, 0.717) is 6.42 Å². The summed E-state index contributed by atoms with van der Waals surface area (Å²) in [6, 6.07) is 8.11. The van der Waals surface area contributed by atoms with Gasteiger partial charge in [0.05, 0.1) is 0 Å². The molecule has 1 heteroatoms. The van der Waals surface area contributed by atoms with Crippen LogP contribution in [0, 0.1) is 0 Å². The van der Waals surface area contributed by atoms with E-state index < -0.39 is 5.60 Å². The van der Waals surface area contributed by atoms with E-state index in [1.807, 2.05) is 24.3 Å². The Morgan fingerprint density at radius 3 is 3.00 bits per heavy atom. The van der Waals surface area contributed by atoms with Crippen LogP contribution in [0.25, 0.3) is 0 Å². The Hall–Kier alpha value is -1.34. The first-order valence-corrected chi connectivity index (χ1v) is 5.35. The molecule has 0 bridgehead atoms. The van der Waals surface area contributed by atoms with Gasteiger partial charge in [-0.25, -0.2) is 0 Å². The first-order chi connectivity index (χ1) is 7.26. The van der Waals surface area contributed by atoms with E-state index in [2.05, 4.69) is 18.7 Å². The number of rotatable bonds is 2. The predicted molar refractivity (Wildman–Crippen MR) is 62.6 cm³/mol. The molecule has 1 N–H and O–H groups in total. The second-order valence-electron chi connectivity index (χ2n) is 4.02. The molecule has 1 aliphatic carbocycles. The predicted octanol–water partition coefficient (Wildman–Crippen LogP) is 2.95. The van der Waals surface area contributed by atoms with Crippen molar-refractivity contribution >= 4 is 0 Å². The normalized spacial score (nSPS) is 24.3. The molecule has 0 saturated carbocycles. The van der Waals surface area contributed by atoms with Gasteiger partial charge >= 0.3 is 0 Å². The lowest BCUT2D eigenvalue weighted by molar-refractivity contribution is 0.0926. The monoisotopic (exact) mass is 200 g/mol. The molecule has 15 heavy (non-hydrogen) atoms. The number of aryl methyl sites for hydroxylation is 1. The Morgan fingerprint density at radius 2 is 2.20 bits per heavy atom. The summed E-state index contributed by atoms with van der Waals surface area (Å²) in [7, 11) is 0. The fraction of sp³-hybridized carbons (Fsp3) is 0.286. The highest BCUT2D eigenvalue weighted by Gasteiger charge is 2.27. The fourth-order valence-electron chi connectivity index (χ4n) is 2.17. The van der Waals surface area contributed by atoms with E-state index in [0.717, 1.165) is 18.4 Å².